The van der Waals surface area contributed by atoms with Crippen molar-refractivity contribution in [2.75, 3.05) is 25.6 Å². The highest BCUT2D eigenvalue weighted by atomic mass is 32.2. The van der Waals surface area contributed by atoms with Gasteiger partial charge in [-0.25, -0.2) is 5.84 Å². The molecule has 0 bridgehead atoms. The molecule has 0 saturated carbocycles. The number of amides is 1. The molecule has 1 aromatic rings. The van der Waals surface area contributed by atoms with Crippen molar-refractivity contribution < 1.29 is 4.79 Å². The van der Waals surface area contributed by atoms with Crippen LogP contribution in [0.15, 0.2) is 11.4 Å². The Hall–Kier alpha value is -0.560. The largest absolute Gasteiger partial charge is 0.301 e. The number of nitrogens with two attached hydrogens (primary N) is 1. The van der Waals surface area contributed by atoms with Gasteiger partial charge in [-0.15, -0.1) is 11.3 Å². The van der Waals surface area contributed by atoms with Gasteiger partial charge in [-0.3, -0.25) is 10.2 Å². The molecule has 1 heterocycles. The Morgan fingerprint density at radius 1 is 1.69 bits per heavy atom. The Morgan fingerprint density at radius 2 is 2.44 bits per heavy atom. The molecule has 0 fully saturated rings. The van der Waals surface area contributed by atoms with E-state index < -0.39 is 0 Å². The third-order valence-electron chi connectivity index (χ3n) is 2.20. The summed E-state index contributed by atoms with van der Waals surface area (Å²) in [6.45, 7) is 1.80. The lowest BCUT2D eigenvalue weighted by atomic mass is 10.2. The van der Waals surface area contributed by atoms with Crippen LogP contribution in [0.5, 0.6) is 0 Å². The summed E-state index contributed by atoms with van der Waals surface area (Å²) in [5.74, 6) is 6.02. The number of hydrogen-bond donors (Lipinski definition) is 2. The maximum absolute atomic E-state index is 11.4. The number of carbonyl (C=O) groups excluding carboxylic acids is 1. The van der Waals surface area contributed by atoms with Crippen LogP contribution in [0.3, 0.4) is 0 Å². The number of rotatable bonds is 6. The summed E-state index contributed by atoms with van der Waals surface area (Å²) in [5, 5.41) is 1.92. The standard InChI is InChI=1S/C10H17N3OS2/c1-13(4-6-15-2)7-8-3-5-16-9(8)10(14)12-11/h3,5H,4,6-7,11H2,1-2H3,(H,12,14). The molecule has 0 aromatic carbocycles. The third-order valence-corrected chi connectivity index (χ3v) is 3.75. The van der Waals surface area contributed by atoms with Crippen molar-refractivity contribution in [3.05, 3.63) is 21.9 Å². The van der Waals surface area contributed by atoms with Gasteiger partial charge >= 0.3 is 0 Å². The first kappa shape index (κ1) is 13.5. The second kappa shape index (κ2) is 6.90. The van der Waals surface area contributed by atoms with Crippen LogP contribution >= 0.6 is 23.1 Å². The number of nitrogens with zero attached hydrogens (tertiary/aromatic N) is 1. The zero-order valence-electron chi connectivity index (χ0n) is 9.53. The van der Waals surface area contributed by atoms with E-state index in [0.29, 0.717) is 4.88 Å². The molecular formula is C10H17N3OS2. The Morgan fingerprint density at radius 3 is 3.06 bits per heavy atom. The minimum absolute atomic E-state index is 0.205. The fraction of sp³-hybridized carbons (Fsp3) is 0.500. The first-order valence-electron chi connectivity index (χ1n) is 4.93. The number of nitrogen functional groups attached to an aromatic ring is 1. The molecule has 0 aliphatic rings. The lowest BCUT2D eigenvalue weighted by Gasteiger charge is -2.15. The van der Waals surface area contributed by atoms with Crippen molar-refractivity contribution in [2.45, 2.75) is 6.54 Å². The molecule has 0 aliphatic carbocycles. The SMILES string of the molecule is CSCCN(C)Cc1ccsc1C(=O)NN. The summed E-state index contributed by atoms with van der Waals surface area (Å²) in [7, 11) is 2.05. The molecular weight excluding hydrogens is 242 g/mol. The van der Waals surface area contributed by atoms with E-state index in [4.69, 9.17) is 5.84 Å². The van der Waals surface area contributed by atoms with Crippen molar-refractivity contribution >= 4 is 29.0 Å². The van der Waals surface area contributed by atoms with Crippen LogP contribution in [0.2, 0.25) is 0 Å². The Balaban J connectivity index is 2.59. The number of hydrazine groups is 1. The first-order valence-corrected chi connectivity index (χ1v) is 7.21. The molecule has 0 radical (unpaired) electrons. The zero-order valence-corrected chi connectivity index (χ0v) is 11.2. The van der Waals surface area contributed by atoms with Gasteiger partial charge in [0.1, 0.15) is 0 Å². The summed E-state index contributed by atoms with van der Waals surface area (Å²) >= 11 is 3.24. The number of nitrogens with one attached hydrogen (secondary N) is 1. The average Bonchev–Trinajstić information content (AvgIpc) is 2.73. The predicted molar refractivity (Wildman–Crippen MR) is 70.7 cm³/mol. The third kappa shape index (κ3) is 3.79. The molecule has 1 rings (SSSR count). The van der Waals surface area contributed by atoms with Gasteiger partial charge in [0.25, 0.3) is 5.91 Å². The van der Waals surface area contributed by atoms with Crippen LogP contribution < -0.4 is 11.3 Å². The topological polar surface area (TPSA) is 58.4 Å². The van der Waals surface area contributed by atoms with Crippen molar-refractivity contribution in [3.8, 4) is 0 Å². The first-order chi connectivity index (χ1) is 7.69. The van der Waals surface area contributed by atoms with Crippen molar-refractivity contribution in [1.29, 1.82) is 0 Å². The molecule has 1 aromatic heterocycles. The van der Waals surface area contributed by atoms with E-state index in [-0.39, 0.29) is 5.91 Å². The Labute approximate surface area is 104 Å². The van der Waals surface area contributed by atoms with E-state index in [0.717, 1.165) is 24.4 Å². The van der Waals surface area contributed by atoms with E-state index in [9.17, 15) is 4.79 Å². The summed E-state index contributed by atoms with van der Waals surface area (Å²) < 4.78 is 0. The molecule has 1 amide bonds. The molecule has 0 unspecified atom stereocenters. The second-order valence-electron chi connectivity index (χ2n) is 3.48. The van der Waals surface area contributed by atoms with E-state index >= 15 is 0 Å². The monoisotopic (exact) mass is 259 g/mol. The fourth-order valence-electron chi connectivity index (χ4n) is 1.34. The predicted octanol–water partition coefficient (Wildman–Crippen LogP) is 1.15. The van der Waals surface area contributed by atoms with Gasteiger partial charge in [0, 0.05) is 18.8 Å². The van der Waals surface area contributed by atoms with Crippen LogP contribution in [-0.4, -0.2) is 36.4 Å². The lowest BCUT2D eigenvalue weighted by Crippen LogP contribution is -2.30. The van der Waals surface area contributed by atoms with Crippen LogP contribution in [0.4, 0.5) is 0 Å². The van der Waals surface area contributed by atoms with E-state index in [2.05, 4.69) is 23.6 Å². The van der Waals surface area contributed by atoms with Crippen LogP contribution in [-0.2, 0) is 6.54 Å². The highest BCUT2D eigenvalue weighted by molar-refractivity contribution is 7.98. The van der Waals surface area contributed by atoms with Crippen LogP contribution in [0.25, 0.3) is 0 Å². The smallest absolute Gasteiger partial charge is 0.275 e. The molecule has 4 nitrogen and oxygen atoms in total. The fourth-order valence-corrected chi connectivity index (χ4v) is 2.65. The minimum atomic E-state index is -0.205. The van der Waals surface area contributed by atoms with Gasteiger partial charge in [-0.1, -0.05) is 0 Å². The molecule has 16 heavy (non-hydrogen) atoms. The van der Waals surface area contributed by atoms with Crippen LogP contribution in [0.1, 0.15) is 15.2 Å². The van der Waals surface area contributed by atoms with Gasteiger partial charge in [-0.2, -0.15) is 11.8 Å². The van der Waals surface area contributed by atoms with Gasteiger partial charge in [0.15, 0.2) is 0 Å². The minimum Gasteiger partial charge on any atom is -0.301 e. The quantitative estimate of drug-likeness (QED) is 0.457. The van der Waals surface area contributed by atoms with E-state index in [1.807, 2.05) is 23.2 Å². The normalized spacial score (nSPS) is 10.8. The summed E-state index contributed by atoms with van der Waals surface area (Å²) in [4.78, 5) is 14.3. The summed E-state index contributed by atoms with van der Waals surface area (Å²) in [6, 6.07) is 1.98. The Kier molecular flexibility index (Phi) is 5.83. The van der Waals surface area contributed by atoms with Crippen molar-refractivity contribution in [1.82, 2.24) is 10.3 Å². The van der Waals surface area contributed by atoms with Crippen LogP contribution in [0, 0.1) is 0 Å². The summed E-state index contributed by atoms with van der Waals surface area (Å²) in [6.07, 6.45) is 2.09. The highest BCUT2D eigenvalue weighted by Crippen LogP contribution is 2.18. The zero-order chi connectivity index (χ0) is 12.0. The van der Waals surface area contributed by atoms with Gasteiger partial charge in [0.05, 0.1) is 4.88 Å². The van der Waals surface area contributed by atoms with Gasteiger partial charge < -0.3 is 4.90 Å². The molecule has 0 spiro atoms. The average molecular weight is 259 g/mol. The van der Waals surface area contributed by atoms with Gasteiger partial charge in [0.2, 0.25) is 0 Å². The molecule has 0 saturated heterocycles. The van der Waals surface area contributed by atoms with Crippen molar-refractivity contribution in [3.63, 3.8) is 0 Å². The molecule has 6 heteroatoms. The number of thiophene rings is 1. The maximum Gasteiger partial charge on any atom is 0.275 e. The van der Waals surface area contributed by atoms with E-state index in [1.165, 1.54) is 11.3 Å². The van der Waals surface area contributed by atoms with Crippen molar-refractivity contribution in [2.24, 2.45) is 5.84 Å². The van der Waals surface area contributed by atoms with Gasteiger partial charge in [-0.05, 0) is 30.3 Å². The summed E-state index contributed by atoms with van der Waals surface area (Å²) in [5.41, 5.74) is 3.21. The highest BCUT2D eigenvalue weighted by Gasteiger charge is 2.12. The Bertz CT molecular complexity index is 341. The molecule has 0 aliphatic heterocycles. The second-order valence-corrected chi connectivity index (χ2v) is 5.38. The number of carbonyl (C=O) groups is 1. The molecule has 3 N–H and O–H groups in total. The number of hydrogen-bond acceptors (Lipinski definition) is 5. The number of thioether (sulfide) groups is 1. The lowest BCUT2D eigenvalue weighted by molar-refractivity contribution is 0.0956. The molecule has 0 atom stereocenters. The maximum atomic E-state index is 11.4. The van der Waals surface area contributed by atoms with E-state index in [1.54, 1.807) is 0 Å². The molecule has 90 valence electrons.